The molecule has 1 unspecified atom stereocenters. The molecule has 0 spiro atoms. The zero-order chi connectivity index (χ0) is 8.20. The Labute approximate surface area is 62.0 Å². The minimum absolute atomic E-state index is 0.379. The van der Waals surface area contributed by atoms with Crippen molar-refractivity contribution >= 4 is 0 Å². The van der Waals surface area contributed by atoms with Crippen LogP contribution >= 0.6 is 0 Å². The molecule has 0 saturated heterocycles. The lowest BCUT2D eigenvalue weighted by Gasteiger charge is -2.26. The first-order valence-electron chi connectivity index (χ1n) is 3.53. The van der Waals surface area contributed by atoms with Crippen LogP contribution in [0.15, 0.2) is 0 Å². The lowest BCUT2D eigenvalue weighted by Crippen LogP contribution is -2.39. The smallest absolute Gasteiger partial charge is 0.119 e. The molecule has 0 aliphatic heterocycles. The van der Waals surface area contributed by atoms with Gasteiger partial charge in [0.05, 0.1) is 0 Å². The number of nitrogens with one attached hydrogen (secondary N) is 1. The SMILES string of the molecule is CNCC(F)C(C)(C)CN. The number of halogens is 1. The van der Waals surface area contributed by atoms with E-state index in [1.54, 1.807) is 7.05 Å². The van der Waals surface area contributed by atoms with Crippen LogP contribution in [0.2, 0.25) is 0 Å². The van der Waals surface area contributed by atoms with E-state index in [1.807, 2.05) is 13.8 Å². The Morgan fingerprint density at radius 3 is 2.40 bits per heavy atom. The predicted octanol–water partition coefficient (Wildman–Crippen LogP) is 0.529. The van der Waals surface area contributed by atoms with E-state index >= 15 is 0 Å². The molecule has 0 bridgehead atoms. The summed E-state index contributed by atoms with van der Waals surface area (Å²) in [5, 5.41) is 2.78. The van der Waals surface area contributed by atoms with Crippen molar-refractivity contribution in [2.45, 2.75) is 20.0 Å². The quantitative estimate of drug-likeness (QED) is 0.610. The highest BCUT2D eigenvalue weighted by atomic mass is 19.1. The van der Waals surface area contributed by atoms with Crippen LogP contribution in [0.3, 0.4) is 0 Å². The van der Waals surface area contributed by atoms with Crippen molar-refractivity contribution < 1.29 is 4.39 Å². The van der Waals surface area contributed by atoms with E-state index in [0.717, 1.165) is 0 Å². The highest BCUT2D eigenvalue weighted by molar-refractivity contribution is 4.79. The largest absolute Gasteiger partial charge is 0.330 e. The predicted molar refractivity (Wildman–Crippen MR) is 41.7 cm³/mol. The van der Waals surface area contributed by atoms with Gasteiger partial charge in [0.25, 0.3) is 0 Å². The molecule has 0 aliphatic rings. The molecule has 3 heteroatoms. The molecule has 0 aromatic carbocycles. The third-order valence-electron chi connectivity index (χ3n) is 1.76. The zero-order valence-corrected chi connectivity index (χ0v) is 6.95. The summed E-state index contributed by atoms with van der Waals surface area (Å²) in [5.41, 5.74) is 4.97. The van der Waals surface area contributed by atoms with Gasteiger partial charge in [0.2, 0.25) is 0 Å². The van der Waals surface area contributed by atoms with Crippen LogP contribution in [0, 0.1) is 5.41 Å². The van der Waals surface area contributed by atoms with Gasteiger partial charge in [-0.1, -0.05) is 13.8 Å². The standard InChI is InChI=1S/C7H17FN2/c1-7(2,5-9)6(8)4-10-3/h6,10H,4-5,9H2,1-3H3. The summed E-state index contributed by atoms with van der Waals surface area (Å²) in [6.45, 7) is 4.42. The lowest BCUT2D eigenvalue weighted by atomic mass is 9.88. The van der Waals surface area contributed by atoms with Crippen LogP contribution in [0.4, 0.5) is 4.39 Å². The zero-order valence-electron chi connectivity index (χ0n) is 6.95. The van der Waals surface area contributed by atoms with Crippen molar-refractivity contribution in [2.24, 2.45) is 11.1 Å². The van der Waals surface area contributed by atoms with Gasteiger partial charge in [0.15, 0.2) is 0 Å². The lowest BCUT2D eigenvalue weighted by molar-refractivity contribution is 0.150. The fraction of sp³-hybridized carbons (Fsp3) is 1.00. The van der Waals surface area contributed by atoms with Crippen LogP contribution in [-0.2, 0) is 0 Å². The van der Waals surface area contributed by atoms with Crippen LogP contribution in [0.25, 0.3) is 0 Å². The second kappa shape index (κ2) is 3.88. The van der Waals surface area contributed by atoms with E-state index < -0.39 is 11.6 Å². The molecular weight excluding hydrogens is 131 g/mol. The van der Waals surface area contributed by atoms with Crippen LogP contribution in [-0.4, -0.2) is 26.3 Å². The van der Waals surface area contributed by atoms with E-state index in [0.29, 0.717) is 13.1 Å². The number of alkyl halides is 1. The Kier molecular flexibility index (Phi) is 3.83. The van der Waals surface area contributed by atoms with Gasteiger partial charge >= 0.3 is 0 Å². The van der Waals surface area contributed by atoms with Gasteiger partial charge < -0.3 is 11.1 Å². The van der Waals surface area contributed by atoms with Crippen molar-refractivity contribution in [3.8, 4) is 0 Å². The minimum atomic E-state index is -0.859. The van der Waals surface area contributed by atoms with Crippen LogP contribution in [0.1, 0.15) is 13.8 Å². The molecule has 0 rings (SSSR count). The van der Waals surface area contributed by atoms with Gasteiger partial charge in [-0.05, 0) is 7.05 Å². The maximum absolute atomic E-state index is 13.0. The Hall–Kier alpha value is -0.150. The highest BCUT2D eigenvalue weighted by Gasteiger charge is 2.26. The highest BCUT2D eigenvalue weighted by Crippen LogP contribution is 2.20. The molecule has 2 nitrogen and oxygen atoms in total. The first-order valence-corrected chi connectivity index (χ1v) is 3.53. The number of rotatable bonds is 4. The van der Waals surface area contributed by atoms with Crippen molar-refractivity contribution in [3.63, 3.8) is 0 Å². The molecule has 0 aromatic heterocycles. The Bertz CT molecular complexity index is 93.6. The molecule has 1 atom stereocenters. The maximum Gasteiger partial charge on any atom is 0.119 e. The maximum atomic E-state index is 13.0. The van der Waals surface area contributed by atoms with Crippen molar-refractivity contribution in [1.82, 2.24) is 5.32 Å². The third kappa shape index (κ3) is 2.62. The van der Waals surface area contributed by atoms with E-state index in [2.05, 4.69) is 5.32 Å². The molecule has 62 valence electrons. The molecule has 0 saturated carbocycles. The molecule has 0 fully saturated rings. The van der Waals surface area contributed by atoms with Gasteiger partial charge in [-0.15, -0.1) is 0 Å². The molecule has 10 heavy (non-hydrogen) atoms. The van der Waals surface area contributed by atoms with E-state index in [9.17, 15) is 4.39 Å². The van der Waals surface area contributed by atoms with Gasteiger partial charge in [-0.25, -0.2) is 4.39 Å². The molecule has 0 amide bonds. The monoisotopic (exact) mass is 148 g/mol. The van der Waals surface area contributed by atoms with Gasteiger partial charge in [-0.3, -0.25) is 0 Å². The molecule has 0 aromatic rings. The molecular formula is C7H17FN2. The van der Waals surface area contributed by atoms with Crippen molar-refractivity contribution in [1.29, 1.82) is 0 Å². The number of hydrogen-bond donors (Lipinski definition) is 2. The van der Waals surface area contributed by atoms with Crippen LogP contribution < -0.4 is 11.1 Å². The summed E-state index contributed by atoms with van der Waals surface area (Å²) >= 11 is 0. The normalized spacial score (nSPS) is 15.3. The summed E-state index contributed by atoms with van der Waals surface area (Å²) in [7, 11) is 1.74. The summed E-state index contributed by atoms with van der Waals surface area (Å²) in [6.07, 6.45) is -0.859. The molecule has 3 N–H and O–H groups in total. The van der Waals surface area contributed by atoms with Gasteiger partial charge in [0, 0.05) is 18.5 Å². The Morgan fingerprint density at radius 2 is 2.10 bits per heavy atom. The topological polar surface area (TPSA) is 38.0 Å². The van der Waals surface area contributed by atoms with Crippen molar-refractivity contribution in [2.75, 3.05) is 20.1 Å². The van der Waals surface area contributed by atoms with E-state index in [-0.39, 0.29) is 0 Å². The Balaban J connectivity index is 3.78. The third-order valence-corrected chi connectivity index (χ3v) is 1.76. The van der Waals surface area contributed by atoms with Gasteiger partial charge in [0.1, 0.15) is 6.17 Å². The van der Waals surface area contributed by atoms with E-state index in [1.165, 1.54) is 0 Å². The molecule has 0 heterocycles. The number of hydrogen-bond acceptors (Lipinski definition) is 2. The average Bonchev–Trinajstić information content (AvgIpc) is 1.89. The average molecular weight is 148 g/mol. The molecule has 0 aliphatic carbocycles. The minimum Gasteiger partial charge on any atom is -0.330 e. The first kappa shape index (κ1) is 9.85. The van der Waals surface area contributed by atoms with Crippen molar-refractivity contribution in [3.05, 3.63) is 0 Å². The summed E-state index contributed by atoms with van der Waals surface area (Å²) in [5.74, 6) is 0. The second-order valence-corrected chi connectivity index (χ2v) is 3.22. The summed E-state index contributed by atoms with van der Waals surface area (Å²) in [6, 6.07) is 0. The fourth-order valence-corrected chi connectivity index (χ4v) is 0.583. The first-order chi connectivity index (χ1) is 4.54. The number of nitrogens with two attached hydrogens (primary N) is 1. The Morgan fingerprint density at radius 1 is 1.60 bits per heavy atom. The summed E-state index contributed by atoms with van der Waals surface area (Å²) < 4.78 is 13.0. The van der Waals surface area contributed by atoms with Crippen LogP contribution in [0.5, 0.6) is 0 Å². The second-order valence-electron chi connectivity index (χ2n) is 3.22. The van der Waals surface area contributed by atoms with Gasteiger partial charge in [-0.2, -0.15) is 0 Å². The molecule has 0 radical (unpaired) electrons. The summed E-state index contributed by atoms with van der Waals surface area (Å²) in [4.78, 5) is 0. The fourth-order valence-electron chi connectivity index (χ4n) is 0.583. The van der Waals surface area contributed by atoms with E-state index in [4.69, 9.17) is 5.73 Å².